The first-order chi connectivity index (χ1) is 18.5. The first-order valence-electron chi connectivity index (χ1n) is 13.2. The maximum atomic E-state index is 14.6. The van der Waals surface area contributed by atoms with E-state index in [1.807, 2.05) is 117 Å². The van der Waals surface area contributed by atoms with Crippen molar-refractivity contribution in [2.45, 2.75) is 20.3 Å². The Morgan fingerprint density at radius 2 is 1.21 bits per heavy atom. The second-order valence-corrected chi connectivity index (χ2v) is 10.8. The Kier molecular flexibility index (Phi) is 4.72. The summed E-state index contributed by atoms with van der Waals surface area (Å²) >= 11 is 0. The molecule has 0 spiro atoms. The quantitative estimate of drug-likeness (QED) is 0.300. The van der Waals surface area contributed by atoms with Crippen LogP contribution < -0.4 is 4.90 Å². The van der Waals surface area contributed by atoms with Crippen LogP contribution in [0.5, 0.6) is 0 Å². The van der Waals surface area contributed by atoms with Crippen LogP contribution in [0.1, 0.15) is 31.4 Å². The summed E-state index contributed by atoms with van der Waals surface area (Å²) in [5.41, 5.74) is 2.07. The number of carbonyl (C=O) groups is 3. The van der Waals surface area contributed by atoms with Crippen molar-refractivity contribution < 1.29 is 14.4 Å². The molecule has 4 aromatic carbocycles. The first-order valence-corrected chi connectivity index (χ1v) is 13.2. The van der Waals surface area contributed by atoms with E-state index in [0.717, 1.165) is 33.0 Å². The summed E-state index contributed by atoms with van der Waals surface area (Å²) in [6.45, 7) is 3.89. The largest absolute Gasteiger partial charge is 0.298 e. The highest BCUT2D eigenvalue weighted by Gasteiger charge is 2.79. The molecule has 4 aromatic rings. The monoisotopic (exact) mass is 497 g/mol. The van der Waals surface area contributed by atoms with Crippen molar-refractivity contribution in [2.24, 2.45) is 22.7 Å². The number of hydrogen-bond acceptors (Lipinski definition) is 3. The molecule has 7 rings (SSSR count). The van der Waals surface area contributed by atoms with E-state index in [1.54, 1.807) is 0 Å². The van der Waals surface area contributed by atoms with Crippen LogP contribution in [0.2, 0.25) is 0 Å². The topological polar surface area (TPSA) is 54.5 Å². The number of Topliss-reactive ketones (excluding diaryl/α,β-unsaturated/α-hetero) is 1. The first kappa shape index (κ1) is 22.9. The van der Waals surface area contributed by atoms with Crippen molar-refractivity contribution in [3.05, 3.63) is 114 Å². The van der Waals surface area contributed by atoms with Crippen molar-refractivity contribution in [3.8, 4) is 0 Å². The molecule has 1 aliphatic heterocycles. The van der Waals surface area contributed by atoms with Crippen LogP contribution in [-0.4, -0.2) is 17.6 Å². The Labute approximate surface area is 221 Å². The lowest BCUT2D eigenvalue weighted by Gasteiger charge is -2.37. The molecule has 1 heterocycles. The summed E-state index contributed by atoms with van der Waals surface area (Å²) in [5, 5.41) is 1.82. The molecule has 2 aliphatic carbocycles. The van der Waals surface area contributed by atoms with Gasteiger partial charge < -0.3 is 0 Å². The van der Waals surface area contributed by atoms with Gasteiger partial charge >= 0.3 is 0 Å². The number of benzene rings is 4. The van der Waals surface area contributed by atoms with E-state index >= 15 is 0 Å². The molecule has 1 saturated carbocycles. The van der Waals surface area contributed by atoms with Crippen molar-refractivity contribution in [1.29, 1.82) is 0 Å². The van der Waals surface area contributed by atoms with Gasteiger partial charge in [-0.25, -0.2) is 4.90 Å². The zero-order valence-electron chi connectivity index (χ0n) is 21.3. The van der Waals surface area contributed by atoms with Crippen LogP contribution in [0.4, 0.5) is 5.69 Å². The Balaban J connectivity index is 1.51. The molecule has 0 N–H and O–H groups in total. The summed E-state index contributed by atoms with van der Waals surface area (Å²) in [6.07, 6.45) is 0.450. The number of fused-ring (bicyclic) bond motifs is 6. The number of anilines is 1. The van der Waals surface area contributed by atoms with Gasteiger partial charge in [-0.05, 0) is 47.1 Å². The van der Waals surface area contributed by atoms with E-state index < -0.39 is 22.7 Å². The fourth-order valence-corrected chi connectivity index (χ4v) is 7.77. The average molecular weight is 498 g/mol. The smallest absolute Gasteiger partial charge is 0.239 e. The van der Waals surface area contributed by atoms with E-state index in [0.29, 0.717) is 12.1 Å². The lowest BCUT2D eigenvalue weighted by Crippen LogP contribution is -2.41. The lowest BCUT2D eigenvalue weighted by molar-refractivity contribution is -0.134. The number of amides is 2. The van der Waals surface area contributed by atoms with Crippen molar-refractivity contribution >= 4 is 45.2 Å². The minimum absolute atomic E-state index is 0.000485. The SMILES string of the molecule is CC[C@@]12C(=O)[C@@](C)(C(c3ccccc3)=C1c1ccccc1)[C@@H]1C(=O)N(c3cccc4ccccc34)C(=O)[C@@H]12. The third kappa shape index (κ3) is 2.57. The second kappa shape index (κ2) is 7.84. The number of imide groups is 1. The molecular weight excluding hydrogens is 470 g/mol. The van der Waals surface area contributed by atoms with Gasteiger partial charge in [-0.2, -0.15) is 0 Å². The van der Waals surface area contributed by atoms with Crippen LogP contribution in [0.25, 0.3) is 21.9 Å². The summed E-state index contributed by atoms with van der Waals surface area (Å²) in [7, 11) is 0. The lowest BCUT2D eigenvalue weighted by atomic mass is 9.62. The fourth-order valence-electron chi connectivity index (χ4n) is 7.77. The van der Waals surface area contributed by atoms with Gasteiger partial charge in [0.15, 0.2) is 5.78 Å². The second-order valence-electron chi connectivity index (χ2n) is 10.8. The zero-order chi connectivity index (χ0) is 26.2. The minimum atomic E-state index is -1.11. The van der Waals surface area contributed by atoms with Gasteiger partial charge in [0.25, 0.3) is 0 Å². The van der Waals surface area contributed by atoms with Crippen LogP contribution in [-0.2, 0) is 14.4 Å². The molecule has 0 radical (unpaired) electrons. The van der Waals surface area contributed by atoms with Crippen molar-refractivity contribution in [2.75, 3.05) is 4.90 Å². The number of hydrogen-bond donors (Lipinski definition) is 0. The molecule has 2 fully saturated rings. The Morgan fingerprint density at radius 1 is 0.658 bits per heavy atom. The standard InChI is InChI=1S/C34H27NO3/c1-3-34-27(23-16-8-5-9-17-23)26(22-14-6-4-7-15-22)33(2,32(34)38)28-29(34)31(37)35(30(28)36)25-20-12-18-21-13-10-11-19-24(21)25/h4-20,28-29H,3H2,1-2H3/t28-,29+,33-,34+/m0/s1. The predicted molar refractivity (Wildman–Crippen MR) is 149 cm³/mol. The summed E-state index contributed by atoms with van der Waals surface area (Å²) in [5.74, 6) is -2.03. The Hall–Kier alpha value is -4.31. The van der Waals surface area contributed by atoms with Crippen molar-refractivity contribution in [1.82, 2.24) is 0 Å². The Morgan fingerprint density at radius 3 is 1.87 bits per heavy atom. The predicted octanol–water partition coefficient (Wildman–Crippen LogP) is 6.56. The summed E-state index contributed by atoms with van der Waals surface area (Å²) in [6, 6.07) is 33.3. The molecule has 2 bridgehead atoms. The summed E-state index contributed by atoms with van der Waals surface area (Å²) < 4.78 is 0. The van der Waals surface area contributed by atoms with E-state index in [-0.39, 0.29) is 17.6 Å². The highest BCUT2D eigenvalue weighted by Crippen LogP contribution is 2.74. The highest BCUT2D eigenvalue weighted by molar-refractivity contribution is 6.35. The summed E-state index contributed by atoms with van der Waals surface area (Å²) in [4.78, 5) is 44.8. The molecule has 186 valence electrons. The number of carbonyl (C=O) groups excluding carboxylic acids is 3. The van der Waals surface area contributed by atoms with Gasteiger partial charge in [0.1, 0.15) is 0 Å². The third-order valence-corrected chi connectivity index (χ3v) is 9.24. The maximum Gasteiger partial charge on any atom is 0.239 e. The number of nitrogens with zero attached hydrogens (tertiary/aromatic N) is 1. The number of allylic oxidation sites excluding steroid dienone is 2. The molecule has 0 aromatic heterocycles. The maximum absolute atomic E-state index is 14.6. The van der Waals surface area contributed by atoms with Gasteiger partial charge in [0.05, 0.1) is 28.4 Å². The molecule has 4 nitrogen and oxygen atoms in total. The third-order valence-electron chi connectivity index (χ3n) is 9.24. The van der Waals surface area contributed by atoms with Crippen molar-refractivity contribution in [3.63, 3.8) is 0 Å². The molecular formula is C34H27NO3. The molecule has 2 amide bonds. The molecule has 38 heavy (non-hydrogen) atoms. The van der Waals surface area contributed by atoms with E-state index in [4.69, 9.17) is 0 Å². The minimum Gasteiger partial charge on any atom is -0.298 e. The van der Waals surface area contributed by atoms with Crippen LogP contribution in [0, 0.1) is 22.7 Å². The molecule has 4 atom stereocenters. The van der Waals surface area contributed by atoms with Gasteiger partial charge in [0.2, 0.25) is 11.8 Å². The molecule has 3 aliphatic rings. The average Bonchev–Trinajstić information content (AvgIpc) is 3.43. The van der Waals surface area contributed by atoms with Gasteiger partial charge in [-0.3, -0.25) is 14.4 Å². The van der Waals surface area contributed by atoms with Crippen LogP contribution in [0.15, 0.2) is 103 Å². The Bertz CT molecular complexity index is 1680. The molecule has 4 heteroatoms. The normalized spacial score (nSPS) is 28.1. The van der Waals surface area contributed by atoms with Gasteiger partial charge in [-0.15, -0.1) is 0 Å². The molecule has 1 saturated heterocycles. The van der Waals surface area contributed by atoms with E-state index in [1.165, 1.54) is 4.90 Å². The van der Waals surface area contributed by atoms with E-state index in [2.05, 4.69) is 0 Å². The highest BCUT2D eigenvalue weighted by atomic mass is 16.2. The zero-order valence-corrected chi connectivity index (χ0v) is 21.3. The fraction of sp³-hybridized carbons (Fsp3) is 0.206. The van der Waals surface area contributed by atoms with Crippen LogP contribution >= 0.6 is 0 Å². The van der Waals surface area contributed by atoms with E-state index in [9.17, 15) is 14.4 Å². The number of ketones is 1. The van der Waals surface area contributed by atoms with Gasteiger partial charge in [-0.1, -0.05) is 104 Å². The molecule has 0 unspecified atom stereocenters. The van der Waals surface area contributed by atoms with Crippen LogP contribution in [0.3, 0.4) is 0 Å². The number of rotatable bonds is 4. The van der Waals surface area contributed by atoms with Gasteiger partial charge in [0, 0.05) is 5.39 Å².